The minimum atomic E-state index is -1.34. The Balaban J connectivity index is 1.37. The third-order valence-corrected chi connectivity index (χ3v) is 10.4. The van der Waals surface area contributed by atoms with Crippen molar-refractivity contribution in [1.82, 2.24) is 10.2 Å². The minimum Gasteiger partial charge on any atom is -0.463 e. The van der Waals surface area contributed by atoms with Crippen LogP contribution in [-0.2, 0) is 28.7 Å². The number of allylic oxidation sites excluding steroid dienone is 1. The van der Waals surface area contributed by atoms with Gasteiger partial charge in [0.05, 0.1) is 36.6 Å². The predicted octanol–water partition coefficient (Wildman–Crippen LogP) is 5.33. The van der Waals surface area contributed by atoms with Crippen molar-refractivity contribution >= 4 is 41.0 Å². The van der Waals surface area contributed by atoms with Crippen LogP contribution in [0.4, 0.5) is 5.69 Å². The Bertz CT molecular complexity index is 1750. The van der Waals surface area contributed by atoms with Gasteiger partial charge in [-0.2, -0.15) is 0 Å². The highest BCUT2D eigenvalue weighted by molar-refractivity contribution is 6.30. The van der Waals surface area contributed by atoms with Crippen LogP contribution in [0.25, 0.3) is 0 Å². The molecule has 10 nitrogen and oxygen atoms in total. The molecule has 0 saturated carbocycles. The summed E-state index contributed by atoms with van der Waals surface area (Å²) in [4.78, 5) is 59.6. The lowest BCUT2D eigenvalue weighted by Gasteiger charge is -2.39. The lowest BCUT2D eigenvalue weighted by Crippen LogP contribution is -2.57. The molecule has 0 aliphatic carbocycles. The summed E-state index contributed by atoms with van der Waals surface area (Å²) in [6.45, 7) is 7.07. The average molecular weight is 712 g/mol. The number of carbonyl (C=O) groups excluding carboxylic acids is 4. The van der Waals surface area contributed by atoms with Gasteiger partial charge < -0.3 is 29.7 Å². The van der Waals surface area contributed by atoms with E-state index in [9.17, 15) is 24.3 Å². The maximum Gasteiger partial charge on any atom is 0.306 e. The van der Waals surface area contributed by atoms with E-state index in [1.807, 2.05) is 36.4 Å². The zero-order valence-corrected chi connectivity index (χ0v) is 29.0. The number of likely N-dealkylation sites (tertiary alicyclic amines) is 1. The molecule has 2 bridgehead atoms. The Morgan fingerprint density at radius 1 is 1.02 bits per heavy atom. The number of ether oxygens (including phenoxy) is 2. The van der Waals surface area contributed by atoms with E-state index in [0.29, 0.717) is 35.5 Å². The zero-order chi connectivity index (χ0) is 36.1. The number of hydrogen-bond acceptors (Lipinski definition) is 7. The summed E-state index contributed by atoms with van der Waals surface area (Å²) < 4.78 is 12.3. The summed E-state index contributed by atoms with van der Waals surface area (Å²) in [6.07, 6.45) is 4.04. The van der Waals surface area contributed by atoms with E-state index < -0.39 is 72.0 Å². The highest BCUT2D eigenvalue weighted by Crippen LogP contribution is 2.60. The van der Waals surface area contributed by atoms with Crippen molar-refractivity contribution in [3.63, 3.8) is 0 Å². The molecule has 1 spiro atoms. The molecule has 6 rings (SSSR count). The largest absolute Gasteiger partial charge is 0.463 e. The number of anilines is 1. The smallest absolute Gasteiger partial charge is 0.306 e. The highest BCUT2D eigenvalue weighted by atomic mass is 35.5. The Morgan fingerprint density at radius 3 is 2.31 bits per heavy atom. The summed E-state index contributed by atoms with van der Waals surface area (Å²) in [5, 5.41) is 14.4. The van der Waals surface area contributed by atoms with Crippen molar-refractivity contribution in [3.05, 3.63) is 126 Å². The van der Waals surface area contributed by atoms with Crippen LogP contribution in [0.3, 0.4) is 0 Å². The van der Waals surface area contributed by atoms with Gasteiger partial charge in [0.2, 0.25) is 11.8 Å². The summed E-state index contributed by atoms with van der Waals surface area (Å²) in [5.74, 6) is -3.67. The van der Waals surface area contributed by atoms with E-state index in [0.717, 1.165) is 5.56 Å². The van der Waals surface area contributed by atoms with Crippen LogP contribution in [0.1, 0.15) is 48.9 Å². The van der Waals surface area contributed by atoms with E-state index in [2.05, 4.69) is 18.5 Å². The molecule has 0 radical (unpaired) electrons. The molecule has 3 aromatic carbocycles. The Labute approximate surface area is 302 Å². The van der Waals surface area contributed by atoms with Gasteiger partial charge in [0, 0.05) is 23.7 Å². The SMILES string of the molecule is C=CCCC(=O)OC[C@H](NC(=O)[C@@H]1[C@H]2C(=O)N([C@H](CO)c3ccccc3)[C@H](C(=O)N(CC=C)c3ccc(Cl)cc3)[C@]23CC[C@H]1O3)c1ccccc1. The van der Waals surface area contributed by atoms with Gasteiger partial charge in [-0.1, -0.05) is 84.4 Å². The molecule has 3 aromatic rings. The first-order chi connectivity index (χ1) is 24.7. The molecule has 3 aliphatic heterocycles. The molecule has 3 saturated heterocycles. The number of fused-ring (bicyclic) bond motifs is 1. The number of rotatable bonds is 15. The molecule has 3 heterocycles. The molecule has 0 unspecified atom stereocenters. The second-order valence-electron chi connectivity index (χ2n) is 13.1. The maximum atomic E-state index is 15.0. The number of halogens is 1. The summed E-state index contributed by atoms with van der Waals surface area (Å²) in [5.41, 5.74) is 0.573. The van der Waals surface area contributed by atoms with Crippen molar-refractivity contribution in [2.45, 2.75) is 55.5 Å². The third kappa shape index (κ3) is 6.96. The van der Waals surface area contributed by atoms with Gasteiger partial charge in [-0.3, -0.25) is 19.2 Å². The first kappa shape index (κ1) is 36.0. The molecule has 7 atom stereocenters. The van der Waals surface area contributed by atoms with Crippen molar-refractivity contribution in [1.29, 1.82) is 0 Å². The van der Waals surface area contributed by atoms with Crippen molar-refractivity contribution in [2.75, 3.05) is 24.7 Å². The van der Waals surface area contributed by atoms with Gasteiger partial charge in [0.25, 0.3) is 5.91 Å². The van der Waals surface area contributed by atoms with Crippen LogP contribution < -0.4 is 10.2 Å². The number of benzene rings is 3. The van der Waals surface area contributed by atoms with Gasteiger partial charge in [0.15, 0.2) is 0 Å². The molecule has 3 fully saturated rings. The Morgan fingerprint density at radius 2 is 1.69 bits per heavy atom. The van der Waals surface area contributed by atoms with Crippen LogP contribution >= 0.6 is 11.6 Å². The number of esters is 1. The molecule has 11 heteroatoms. The quantitative estimate of drug-likeness (QED) is 0.161. The van der Waals surface area contributed by atoms with E-state index in [1.165, 1.54) is 9.80 Å². The normalized spacial score (nSPS) is 24.4. The molecule has 0 aromatic heterocycles. The van der Waals surface area contributed by atoms with Crippen molar-refractivity contribution in [2.24, 2.45) is 11.8 Å². The molecule has 51 heavy (non-hydrogen) atoms. The fourth-order valence-electron chi connectivity index (χ4n) is 7.90. The fraction of sp³-hybridized carbons (Fsp3) is 0.350. The van der Waals surface area contributed by atoms with E-state index in [4.69, 9.17) is 21.1 Å². The highest BCUT2D eigenvalue weighted by Gasteiger charge is 2.75. The van der Waals surface area contributed by atoms with Crippen LogP contribution in [0.15, 0.2) is 110 Å². The Kier molecular flexibility index (Phi) is 11.0. The van der Waals surface area contributed by atoms with E-state index in [1.54, 1.807) is 60.7 Å². The number of amides is 3. The number of nitrogens with one attached hydrogen (secondary N) is 1. The van der Waals surface area contributed by atoms with Gasteiger partial charge in [0.1, 0.15) is 18.2 Å². The lowest BCUT2D eigenvalue weighted by atomic mass is 9.70. The third-order valence-electron chi connectivity index (χ3n) is 10.2. The summed E-state index contributed by atoms with van der Waals surface area (Å²) >= 11 is 6.18. The van der Waals surface area contributed by atoms with E-state index >= 15 is 0 Å². The molecule has 2 N–H and O–H groups in total. The van der Waals surface area contributed by atoms with Crippen molar-refractivity contribution in [3.8, 4) is 0 Å². The first-order valence-electron chi connectivity index (χ1n) is 17.2. The number of aliphatic hydroxyl groups is 1. The number of carbonyl (C=O) groups is 4. The average Bonchev–Trinajstić information content (AvgIpc) is 3.80. The minimum absolute atomic E-state index is 0.112. The Hall–Kier alpha value is -4.77. The topological polar surface area (TPSA) is 125 Å². The lowest BCUT2D eigenvalue weighted by molar-refractivity contribution is -0.146. The first-order valence-corrected chi connectivity index (χ1v) is 17.6. The van der Waals surface area contributed by atoms with Crippen LogP contribution in [-0.4, -0.2) is 71.2 Å². The monoisotopic (exact) mass is 711 g/mol. The molecular weight excluding hydrogens is 670 g/mol. The standard InChI is InChI=1S/C40H42ClN3O7/c1-3-5-16-33(46)50-25-30(26-12-8-6-9-13-26)42-37(47)34-32-21-22-40(51-32)35(34)38(48)44(31(24-45)27-14-10-7-11-15-27)36(40)39(49)43(23-4-2)29-19-17-28(41)18-20-29/h3-4,6-15,17-20,30-32,34-36,45H,1-2,5,16,21-25H2,(H,42,47)/t30-,31+,32+,34-,35-,36+,40-/m0/s1. The number of nitrogens with zero attached hydrogens (tertiary/aromatic N) is 2. The predicted molar refractivity (Wildman–Crippen MR) is 192 cm³/mol. The molecular formula is C40H42ClN3O7. The van der Waals surface area contributed by atoms with Crippen LogP contribution in [0.5, 0.6) is 0 Å². The van der Waals surface area contributed by atoms with E-state index in [-0.39, 0.29) is 19.6 Å². The second-order valence-corrected chi connectivity index (χ2v) is 13.5. The summed E-state index contributed by atoms with van der Waals surface area (Å²) in [6, 6.07) is 22.2. The van der Waals surface area contributed by atoms with Gasteiger partial charge in [-0.25, -0.2) is 0 Å². The second kappa shape index (κ2) is 15.6. The van der Waals surface area contributed by atoms with Gasteiger partial charge in [-0.15, -0.1) is 13.2 Å². The molecule has 266 valence electrons. The zero-order valence-electron chi connectivity index (χ0n) is 28.2. The summed E-state index contributed by atoms with van der Waals surface area (Å²) in [7, 11) is 0. The van der Waals surface area contributed by atoms with Crippen molar-refractivity contribution < 1.29 is 33.8 Å². The molecule has 3 amide bonds. The number of hydrogen-bond donors (Lipinski definition) is 2. The van der Waals surface area contributed by atoms with Gasteiger partial charge >= 0.3 is 5.97 Å². The molecule has 3 aliphatic rings. The van der Waals surface area contributed by atoms with Gasteiger partial charge in [-0.05, 0) is 54.7 Å². The van der Waals surface area contributed by atoms with Crippen LogP contribution in [0.2, 0.25) is 5.02 Å². The number of aliphatic hydroxyl groups excluding tert-OH is 1. The fourth-order valence-corrected chi connectivity index (χ4v) is 8.03. The maximum absolute atomic E-state index is 15.0. The van der Waals surface area contributed by atoms with Crippen LogP contribution in [0, 0.1) is 11.8 Å².